The number of hydrogen-bond donors (Lipinski definition) is 0. The van der Waals surface area contributed by atoms with Gasteiger partial charge in [-0.05, 0) is 92.7 Å². The van der Waals surface area contributed by atoms with Crippen molar-refractivity contribution in [1.82, 2.24) is 0 Å². The van der Waals surface area contributed by atoms with Crippen LogP contribution in [-0.2, 0) is 9.22 Å². The van der Waals surface area contributed by atoms with Gasteiger partial charge in [-0.25, -0.2) is 0 Å². The van der Waals surface area contributed by atoms with Gasteiger partial charge < -0.3 is 4.43 Å². The van der Waals surface area contributed by atoms with E-state index < -0.39 is 8.32 Å². The number of halogens is 1. The van der Waals surface area contributed by atoms with Gasteiger partial charge in [-0.2, -0.15) is 0 Å². The van der Waals surface area contributed by atoms with Crippen molar-refractivity contribution in [2.45, 2.75) is 84.4 Å². The van der Waals surface area contributed by atoms with Crippen LogP contribution in [0, 0.1) is 28.6 Å². The van der Waals surface area contributed by atoms with Gasteiger partial charge in [0.1, 0.15) is 0 Å². The average Bonchev–Trinajstić information content (AvgIpc) is 2.92. The number of fused-ring (bicyclic) bond motifs is 5. The van der Waals surface area contributed by atoms with Gasteiger partial charge in [0.15, 0.2) is 5.78 Å². The molecule has 4 aliphatic carbocycles. The monoisotopic (exact) mass is 394 g/mol. The van der Waals surface area contributed by atoms with Crippen molar-refractivity contribution in [2.75, 3.05) is 5.50 Å². The maximum Gasteiger partial charge on any atom is 0.201 e. The molecule has 3 fully saturated rings. The minimum atomic E-state index is -1.74. The summed E-state index contributed by atoms with van der Waals surface area (Å²) < 4.78 is 6.70. The molecule has 0 aromatic rings. The van der Waals surface area contributed by atoms with Crippen LogP contribution in [0.5, 0.6) is 0 Å². The van der Waals surface area contributed by atoms with Gasteiger partial charge in [-0.1, -0.05) is 19.4 Å². The molecule has 0 amide bonds. The predicted molar refractivity (Wildman–Crippen MR) is 110 cm³/mol. The molecule has 26 heavy (non-hydrogen) atoms. The highest BCUT2D eigenvalue weighted by atomic mass is 35.5. The second-order valence-corrected chi connectivity index (χ2v) is 15.4. The molecule has 0 heterocycles. The van der Waals surface area contributed by atoms with E-state index in [1.807, 2.05) is 6.08 Å². The first-order valence-electron chi connectivity index (χ1n) is 10.7. The Kier molecular flexibility index (Phi) is 4.77. The van der Waals surface area contributed by atoms with Crippen molar-refractivity contribution in [3.63, 3.8) is 0 Å². The van der Waals surface area contributed by atoms with Crippen LogP contribution < -0.4 is 0 Å². The molecule has 0 aromatic carbocycles. The average molecular weight is 395 g/mol. The van der Waals surface area contributed by atoms with Crippen LogP contribution in [0.1, 0.15) is 65.2 Å². The van der Waals surface area contributed by atoms with Gasteiger partial charge >= 0.3 is 0 Å². The van der Waals surface area contributed by atoms with Crippen molar-refractivity contribution in [3.05, 3.63) is 11.6 Å². The molecule has 146 valence electrons. The fourth-order valence-electron chi connectivity index (χ4n) is 7.12. The summed E-state index contributed by atoms with van der Waals surface area (Å²) in [6, 6.07) is 0. The van der Waals surface area contributed by atoms with Crippen molar-refractivity contribution in [3.8, 4) is 0 Å². The molecule has 6 unspecified atom stereocenters. The van der Waals surface area contributed by atoms with Crippen LogP contribution in [0.2, 0.25) is 13.1 Å². The molecular weight excluding hydrogens is 360 g/mol. The third-order valence-electron chi connectivity index (χ3n) is 8.66. The summed E-state index contributed by atoms with van der Waals surface area (Å²) in [5.74, 6) is 2.74. The Morgan fingerprint density at radius 2 is 1.88 bits per heavy atom. The Morgan fingerprint density at radius 3 is 2.62 bits per heavy atom. The van der Waals surface area contributed by atoms with E-state index in [-0.39, 0.29) is 5.41 Å². The highest BCUT2D eigenvalue weighted by Gasteiger charge is 2.59. The second kappa shape index (κ2) is 6.45. The molecule has 4 aliphatic rings. The van der Waals surface area contributed by atoms with Crippen LogP contribution in [0.3, 0.4) is 0 Å². The second-order valence-electron chi connectivity index (χ2n) is 10.6. The highest BCUT2D eigenvalue weighted by Crippen LogP contribution is 2.65. The number of ketones is 1. The summed E-state index contributed by atoms with van der Waals surface area (Å²) in [4.78, 5) is 12.0. The van der Waals surface area contributed by atoms with Crippen LogP contribution in [0.15, 0.2) is 11.6 Å². The van der Waals surface area contributed by atoms with Gasteiger partial charge in [-0.3, -0.25) is 4.79 Å². The molecule has 4 heteroatoms. The van der Waals surface area contributed by atoms with Gasteiger partial charge in [-0.15, -0.1) is 11.6 Å². The van der Waals surface area contributed by atoms with Crippen molar-refractivity contribution < 1.29 is 9.22 Å². The lowest BCUT2D eigenvalue weighted by Gasteiger charge is -2.58. The van der Waals surface area contributed by atoms with E-state index in [0.29, 0.717) is 22.8 Å². The lowest BCUT2D eigenvalue weighted by atomic mass is 9.47. The van der Waals surface area contributed by atoms with Crippen LogP contribution >= 0.6 is 11.6 Å². The highest BCUT2D eigenvalue weighted by molar-refractivity contribution is 6.77. The summed E-state index contributed by atoms with van der Waals surface area (Å²) in [7, 11) is -1.74. The standard InChI is InChI=1S/C22H35ClO2Si/c1-21-11-9-16(24)13-15(21)5-6-17-18-7-8-20(25-26(3,4)14-23)22(18,2)12-10-19(17)21/h13,17-20H,5-12,14H2,1-4H3. The largest absolute Gasteiger partial charge is 0.413 e. The summed E-state index contributed by atoms with van der Waals surface area (Å²) in [5, 5.41) is 0. The molecule has 3 saturated carbocycles. The minimum Gasteiger partial charge on any atom is -0.413 e. The molecule has 0 aromatic heterocycles. The first kappa shape index (κ1) is 19.2. The van der Waals surface area contributed by atoms with Gasteiger partial charge in [0.25, 0.3) is 0 Å². The van der Waals surface area contributed by atoms with Gasteiger partial charge in [0.05, 0.1) is 6.10 Å². The molecule has 0 spiro atoms. The number of alkyl halides is 1. The molecule has 0 bridgehead atoms. The maximum atomic E-state index is 12.0. The number of carbonyl (C=O) groups is 1. The Bertz CT molecular complexity index is 630. The van der Waals surface area contributed by atoms with Gasteiger partial charge in [0, 0.05) is 11.9 Å². The Labute approximate surface area is 165 Å². The molecule has 0 N–H and O–H groups in total. The number of allylic oxidation sites excluding steroid dienone is 1. The van der Waals surface area contributed by atoms with E-state index in [1.165, 1.54) is 37.7 Å². The number of carbonyl (C=O) groups excluding carboxylic acids is 1. The summed E-state index contributed by atoms with van der Waals surface area (Å²) in [6.45, 7) is 9.51. The Morgan fingerprint density at radius 1 is 1.12 bits per heavy atom. The van der Waals surface area contributed by atoms with Gasteiger partial charge in [0.2, 0.25) is 8.32 Å². The fourth-order valence-corrected chi connectivity index (χ4v) is 8.53. The summed E-state index contributed by atoms with van der Waals surface area (Å²) in [5.41, 5.74) is 2.78. The Hall–Kier alpha value is -0.123. The molecule has 6 atom stereocenters. The van der Waals surface area contributed by atoms with Crippen LogP contribution in [0.25, 0.3) is 0 Å². The zero-order chi connectivity index (χ0) is 18.7. The SMILES string of the molecule is CC12CCC(=O)C=C1CCC1C2CCC2(C)C(O[Si](C)(C)CCl)CCC12. The molecule has 2 nitrogen and oxygen atoms in total. The lowest BCUT2D eigenvalue weighted by molar-refractivity contribution is -0.117. The topological polar surface area (TPSA) is 26.3 Å². The zero-order valence-electron chi connectivity index (χ0n) is 16.9. The molecule has 0 radical (unpaired) electrons. The smallest absolute Gasteiger partial charge is 0.201 e. The molecule has 4 rings (SSSR count). The molecular formula is C22H35ClO2Si. The van der Waals surface area contributed by atoms with E-state index in [0.717, 1.165) is 37.0 Å². The molecule has 0 aliphatic heterocycles. The first-order valence-corrected chi connectivity index (χ1v) is 14.3. The third kappa shape index (κ3) is 2.88. The third-order valence-corrected chi connectivity index (χ3v) is 12.2. The van der Waals surface area contributed by atoms with Crippen LogP contribution in [-0.4, -0.2) is 25.7 Å². The van der Waals surface area contributed by atoms with Crippen molar-refractivity contribution >= 4 is 25.7 Å². The minimum absolute atomic E-state index is 0.279. The summed E-state index contributed by atoms with van der Waals surface area (Å²) in [6.07, 6.45) is 11.8. The summed E-state index contributed by atoms with van der Waals surface area (Å²) >= 11 is 6.21. The van der Waals surface area contributed by atoms with Crippen LogP contribution in [0.4, 0.5) is 0 Å². The van der Waals surface area contributed by atoms with Crippen molar-refractivity contribution in [1.29, 1.82) is 0 Å². The maximum absolute atomic E-state index is 12.0. The van der Waals surface area contributed by atoms with E-state index >= 15 is 0 Å². The number of hydrogen-bond acceptors (Lipinski definition) is 2. The van der Waals surface area contributed by atoms with Crippen molar-refractivity contribution in [2.24, 2.45) is 28.6 Å². The van der Waals surface area contributed by atoms with E-state index in [4.69, 9.17) is 16.0 Å². The van der Waals surface area contributed by atoms with E-state index in [9.17, 15) is 4.79 Å². The quantitative estimate of drug-likeness (QED) is 0.440. The predicted octanol–water partition coefficient (Wildman–Crippen LogP) is 5.89. The zero-order valence-corrected chi connectivity index (χ0v) is 18.7. The molecule has 0 saturated heterocycles. The fraction of sp³-hybridized carbons (Fsp3) is 0.864. The normalized spacial score (nSPS) is 45.6. The van der Waals surface area contributed by atoms with E-state index in [2.05, 4.69) is 26.9 Å². The van der Waals surface area contributed by atoms with E-state index in [1.54, 1.807) is 0 Å². The Balaban J connectivity index is 1.58. The number of rotatable bonds is 3. The lowest BCUT2D eigenvalue weighted by Crippen LogP contribution is -2.53. The first-order chi connectivity index (χ1) is 12.2.